The van der Waals surface area contributed by atoms with Crippen molar-refractivity contribution >= 4 is 29.9 Å². The lowest BCUT2D eigenvalue weighted by atomic mass is 10.3. The standard InChI is InChI=1S/C22H31N7O.HI/c1-5-23-22(24-12-6-13-28-18(3)15-17(2)26-28)25-16-19-11-14-29(27-19)20-7-9-21(30-4)10-8-20;/h7-11,14-15H,5-6,12-13,16H2,1-4H3,(H2,23,24,25);1H. The molecular formula is C22H32IN7O. The lowest BCUT2D eigenvalue weighted by Crippen LogP contribution is -2.38. The van der Waals surface area contributed by atoms with Crippen LogP contribution in [0.5, 0.6) is 5.75 Å². The van der Waals surface area contributed by atoms with Gasteiger partial charge in [-0.25, -0.2) is 9.67 Å². The van der Waals surface area contributed by atoms with Gasteiger partial charge in [-0.2, -0.15) is 10.2 Å². The molecule has 31 heavy (non-hydrogen) atoms. The molecule has 2 heterocycles. The minimum atomic E-state index is 0. The summed E-state index contributed by atoms with van der Waals surface area (Å²) in [7, 11) is 1.66. The van der Waals surface area contributed by atoms with Gasteiger partial charge in [0.25, 0.3) is 0 Å². The molecule has 1 aromatic carbocycles. The molecule has 0 spiro atoms. The average Bonchev–Trinajstić information content (AvgIpc) is 3.35. The predicted molar refractivity (Wildman–Crippen MR) is 135 cm³/mol. The molecule has 2 N–H and O–H groups in total. The van der Waals surface area contributed by atoms with Crippen LogP contribution >= 0.6 is 24.0 Å². The SMILES string of the molecule is CCNC(=NCc1ccn(-c2ccc(OC)cc2)n1)NCCCn1nc(C)cc1C.I. The summed E-state index contributed by atoms with van der Waals surface area (Å²) in [5, 5.41) is 15.8. The van der Waals surface area contributed by atoms with E-state index < -0.39 is 0 Å². The van der Waals surface area contributed by atoms with E-state index in [2.05, 4.69) is 45.7 Å². The first-order valence-corrected chi connectivity index (χ1v) is 10.3. The number of guanidine groups is 1. The van der Waals surface area contributed by atoms with E-state index in [4.69, 9.17) is 4.74 Å². The Morgan fingerprint density at radius 3 is 2.52 bits per heavy atom. The van der Waals surface area contributed by atoms with Gasteiger partial charge in [-0.15, -0.1) is 24.0 Å². The fourth-order valence-corrected chi connectivity index (χ4v) is 3.16. The topological polar surface area (TPSA) is 81.3 Å². The first kappa shape index (κ1) is 24.7. The summed E-state index contributed by atoms with van der Waals surface area (Å²) in [6.07, 6.45) is 2.92. The number of hydrogen-bond acceptors (Lipinski definition) is 4. The maximum absolute atomic E-state index is 5.20. The highest BCUT2D eigenvalue weighted by Gasteiger charge is 2.04. The van der Waals surface area contributed by atoms with Crippen molar-refractivity contribution in [3.63, 3.8) is 0 Å². The van der Waals surface area contributed by atoms with Crippen LogP contribution in [-0.2, 0) is 13.1 Å². The average molecular weight is 537 g/mol. The van der Waals surface area contributed by atoms with E-state index in [0.717, 1.165) is 54.8 Å². The van der Waals surface area contributed by atoms with Gasteiger partial charge in [-0.05, 0) is 63.6 Å². The lowest BCUT2D eigenvalue weighted by molar-refractivity contribution is 0.414. The van der Waals surface area contributed by atoms with Crippen LogP contribution in [0.1, 0.15) is 30.4 Å². The minimum absolute atomic E-state index is 0. The van der Waals surface area contributed by atoms with E-state index in [9.17, 15) is 0 Å². The maximum atomic E-state index is 5.20. The Kier molecular flexibility index (Phi) is 9.83. The van der Waals surface area contributed by atoms with Crippen LogP contribution in [0.4, 0.5) is 0 Å². The van der Waals surface area contributed by atoms with Gasteiger partial charge in [-0.3, -0.25) is 4.68 Å². The quantitative estimate of drug-likeness (QED) is 0.189. The zero-order valence-corrected chi connectivity index (χ0v) is 21.0. The third kappa shape index (κ3) is 7.27. The molecule has 8 nitrogen and oxygen atoms in total. The van der Waals surface area contributed by atoms with Crippen molar-refractivity contribution in [2.45, 2.75) is 40.3 Å². The van der Waals surface area contributed by atoms with Crippen LogP contribution in [0.2, 0.25) is 0 Å². The molecule has 0 unspecified atom stereocenters. The largest absolute Gasteiger partial charge is 0.497 e. The normalized spacial score (nSPS) is 11.2. The molecule has 0 aliphatic heterocycles. The third-order valence-corrected chi connectivity index (χ3v) is 4.67. The fraction of sp³-hybridized carbons (Fsp3) is 0.409. The molecule has 3 rings (SSSR count). The van der Waals surface area contributed by atoms with Crippen LogP contribution in [-0.4, -0.2) is 45.7 Å². The molecule has 9 heteroatoms. The fourth-order valence-electron chi connectivity index (χ4n) is 3.16. The summed E-state index contributed by atoms with van der Waals surface area (Å²) in [6, 6.07) is 11.9. The smallest absolute Gasteiger partial charge is 0.191 e. The third-order valence-electron chi connectivity index (χ3n) is 4.67. The van der Waals surface area contributed by atoms with E-state index >= 15 is 0 Å². The molecule has 168 valence electrons. The van der Waals surface area contributed by atoms with Crippen molar-refractivity contribution < 1.29 is 4.74 Å². The number of hydrogen-bond donors (Lipinski definition) is 2. The molecule has 0 amide bonds. The number of nitrogens with zero attached hydrogens (tertiary/aromatic N) is 5. The van der Waals surface area contributed by atoms with Crippen molar-refractivity contribution in [3.05, 3.63) is 59.7 Å². The number of aromatic nitrogens is 4. The Bertz CT molecular complexity index is 963. The van der Waals surface area contributed by atoms with Crippen LogP contribution < -0.4 is 15.4 Å². The van der Waals surface area contributed by atoms with Crippen molar-refractivity contribution in [1.82, 2.24) is 30.2 Å². The van der Waals surface area contributed by atoms with Crippen molar-refractivity contribution in [1.29, 1.82) is 0 Å². The summed E-state index contributed by atoms with van der Waals surface area (Å²) in [5.41, 5.74) is 4.15. The molecule has 2 aromatic heterocycles. The second-order valence-electron chi connectivity index (χ2n) is 7.08. The van der Waals surface area contributed by atoms with Gasteiger partial charge in [-0.1, -0.05) is 0 Å². The van der Waals surface area contributed by atoms with Gasteiger partial charge in [0, 0.05) is 31.5 Å². The summed E-state index contributed by atoms with van der Waals surface area (Å²) in [4.78, 5) is 4.66. The Hall–Kier alpha value is -2.56. The minimum Gasteiger partial charge on any atom is -0.497 e. The number of benzene rings is 1. The number of aryl methyl sites for hydroxylation is 3. The van der Waals surface area contributed by atoms with Gasteiger partial charge in [0.1, 0.15) is 5.75 Å². The predicted octanol–water partition coefficient (Wildman–Crippen LogP) is 3.46. The number of ether oxygens (including phenoxy) is 1. The summed E-state index contributed by atoms with van der Waals surface area (Å²) < 4.78 is 9.10. The molecular weight excluding hydrogens is 505 g/mol. The second kappa shape index (κ2) is 12.3. The summed E-state index contributed by atoms with van der Waals surface area (Å²) in [6.45, 7) is 9.20. The monoisotopic (exact) mass is 537 g/mol. The van der Waals surface area contributed by atoms with Gasteiger partial charge >= 0.3 is 0 Å². The Balaban J connectivity index is 0.00000341. The van der Waals surface area contributed by atoms with Gasteiger partial charge in [0.15, 0.2) is 5.96 Å². The van der Waals surface area contributed by atoms with E-state index in [1.165, 1.54) is 5.69 Å². The van der Waals surface area contributed by atoms with E-state index in [1.807, 2.05) is 52.8 Å². The summed E-state index contributed by atoms with van der Waals surface area (Å²) >= 11 is 0. The number of methoxy groups -OCH3 is 1. The Labute approximate surface area is 201 Å². The van der Waals surface area contributed by atoms with E-state index in [-0.39, 0.29) is 24.0 Å². The molecule has 0 fully saturated rings. The van der Waals surface area contributed by atoms with Crippen LogP contribution in [0.25, 0.3) is 5.69 Å². The number of halogens is 1. The first-order chi connectivity index (χ1) is 14.6. The highest BCUT2D eigenvalue weighted by molar-refractivity contribution is 14.0. The molecule has 0 saturated carbocycles. The highest BCUT2D eigenvalue weighted by atomic mass is 127. The molecule has 0 aliphatic carbocycles. The van der Waals surface area contributed by atoms with Crippen molar-refractivity contribution in [2.75, 3.05) is 20.2 Å². The first-order valence-electron chi connectivity index (χ1n) is 10.3. The molecule has 0 aliphatic rings. The Morgan fingerprint density at radius 1 is 1.10 bits per heavy atom. The number of aliphatic imine (C=N–C) groups is 1. The van der Waals surface area contributed by atoms with Gasteiger partial charge < -0.3 is 15.4 Å². The van der Waals surface area contributed by atoms with E-state index in [1.54, 1.807) is 7.11 Å². The summed E-state index contributed by atoms with van der Waals surface area (Å²) in [5.74, 6) is 1.62. The molecule has 0 saturated heterocycles. The Morgan fingerprint density at radius 2 is 1.87 bits per heavy atom. The number of rotatable bonds is 9. The van der Waals surface area contributed by atoms with Gasteiger partial charge in [0.05, 0.1) is 30.7 Å². The molecule has 3 aromatic rings. The maximum Gasteiger partial charge on any atom is 0.191 e. The molecule has 0 radical (unpaired) electrons. The molecule has 0 bridgehead atoms. The second-order valence-corrected chi connectivity index (χ2v) is 7.08. The zero-order chi connectivity index (χ0) is 21.3. The van der Waals surface area contributed by atoms with Crippen LogP contribution in [0, 0.1) is 13.8 Å². The van der Waals surface area contributed by atoms with Gasteiger partial charge in [0.2, 0.25) is 0 Å². The van der Waals surface area contributed by atoms with Crippen molar-refractivity contribution in [2.24, 2.45) is 4.99 Å². The highest BCUT2D eigenvalue weighted by Crippen LogP contribution is 2.14. The van der Waals surface area contributed by atoms with Crippen LogP contribution in [0.15, 0.2) is 47.6 Å². The molecule has 0 atom stereocenters. The van der Waals surface area contributed by atoms with Crippen LogP contribution in [0.3, 0.4) is 0 Å². The van der Waals surface area contributed by atoms with Crippen molar-refractivity contribution in [3.8, 4) is 11.4 Å². The lowest BCUT2D eigenvalue weighted by Gasteiger charge is -2.11. The van der Waals surface area contributed by atoms with E-state index in [0.29, 0.717) is 6.54 Å². The number of nitrogens with one attached hydrogen (secondary N) is 2. The zero-order valence-electron chi connectivity index (χ0n) is 18.6.